The molecule has 6 heteroatoms. The monoisotopic (exact) mass is 325 g/mol. The Kier molecular flexibility index (Phi) is 4.55. The first kappa shape index (κ1) is 14.0. The molecule has 0 spiro atoms. The number of carbonyl (C=O) groups is 2. The molecule has 1 unspecified atom stereocenters. The van der Waals surface area contributed by atoms with Crippen molar-refractivity contribution in [3.63, 3.8) is 0 Å². The minimum absolute atomic E-state index is 0.00210. The highest BCUT2D eigenvalue weighted by atomic mass is 79.9. The highest BCUT2D eigenvalue weighted by molar-refractivity contribution is 9.10. The van der Waals surface area contributed by atoms with Gasteiger partial charge in [-0.1, -0.05) is 12.1 Å². The van der Waals surface area contributed by atoms with E-state index < -0.39 is 0 Å². The summed E-state index contributed by atoms with van der Waals surface area (Å²) in [4.78, 5) is 25.4. The maximum Gasteiger partial charge on any atom is 0.229 e. The molecule has 19 heavy (non-hydrogen) atoms. The van der Waals surface area contributed by atoms with Crippen LogP contribution in [0.2, 0.25) is 0 Å². The van der Waals surface area contributed by atoms with Crippen molar-refractivity contribution in [2.45, 2.75) is 6.42 Å². The van der Waals surface area contributed by atoms with Gasteiger partial charge in [-0.05, 0) is 28.1 Å². The Labute approximate surface area is 120 Å². The predicted molar refractivity (Wildman–Crippen MR) is 76.5 cm³/mol. The molecule has 0 saturated carbocycles. The lowest BCUT2D eigenvalue weighted by Crippen LogP contribution is -2.32. The smallest absolute Gasteiger partial charge is 0.229 e. The second-order valence-corrected chi connectivity index (χ2v) is 5.35. The maximum absolute atomic E-state index is 12.1. The third-order valence-corrected chi connectivity index (χ3v) is 3.81. The summed E-state index contributed by atoms with van der Waals surface area (Å²) < 4.78 is 0.825. The number of likely N-dealkylation sites (tertiary alicyclic amines) is 1. The molecule has 5 nitrogen and oxygen atoms in total. The molecule has 0 aromatic heterocycles. The maximum atomic E-state index is 12.1. The van der Waals surface area contributed by atoms with Gasteiger partial charge in [0.15, 0.2) is 0 Å². The fraction of sp³-hybridized carbons (Fsp3) is 0.385. The molecular formula is C13H16BrN3O2. The summed E-state index contributed by atoms with van der Waals surface area (Å²) in [6, 6.07) is 7.40. The Balaban J connectivity index is 1.98. The molecule has 1 aromatic carbocycles. The third kappa shape index (κ3) is 3.33. The Morgan fingerprint density at radius 2 is 2.21 bits per heavy atom. The zero-order valence-electron chi connectivity index (χ0n) is 10.4. The zero-order valence-corrected chi connectivity index (χ0v) is 12.0. The molecule has 1 aliphatic heterocycles. The zero-order chi connectivity index (χ0) is 13.8. The molecule has 1 heterocycles. The number of rotatable bonds is 4. The van der Waals surface area contributed by atoms with Crippen LogP contribution in [0.25, 0.3) is 0 Å². The first-order valence-corrected chi connectivity index (χ1v) is 6.94. The van der Waals surface area contributed by atoms with Crippen LogP contribution in [0.15, 0.2) is 28.7 Å². The second-order valence-electron chi connectivity index (χ2n) is 4.50. The number of hydrogen-bond donors (Lipinski definition) is 2. The second kappa shape index (κ2) is 6.16. The molecule has 1 aromatic rings. The topological polar surface area (TPSA) is 75.4 Å². The van der Waals surface area contributed by atoms with E-state index in [1.54, 1.807) is 4.90 Å². The van der Waals surface area contributed by atoms with Crippen LogP contribution in [-0.2, 0) is 9.59 Å². The standard InChI is InChI=1S/C13H16BrN3O2/c14-10-3-1-2-4-11(10)16-13(19)9-7-12(18)17(8-9)6-5-15/h1-4,9H,5-8,15H2,(H,16,19). The summed E-state index contributed by atoms with van der Waals surface area (Å²) in [6.45, 7) is 1.38. The average Bonchev–Trinajstić information content (AvgIpc) is 2.75. The summed E-state index contributed by atoms with van der Waals surface area (Å²) in [7, 11) is 0. The van der Waals surface area contributed by atoms with E-state index in [9.17, 15) is 9.59 Å². The number of anilines is 1. The van der Waals surface area contributed by atoms with E-state index in [1.807, 2.05) is 24.3 Å². The molecule has 3 N–H and O–H groups in total. The minimum atomic E-state index is -0.300. The van der Waals surface area contributed by atoms with E-state index in [-0.39, 0.29) is 24.2 Å². The van der Waals surface area contributed by atoms with Gasteiger partial charge in [0.1, 0.15) is 0 Å². The van der Waals surface area contributed by atoms with Gasteiger partial charge in [0, 0.05) is 30.5 Å². The Bertz CT molecular complexity index is 493. The van der Waals surface area contributed by atoms with Crippen molar-refractivity contribution in [2.24, 2.45) is 11.7 Å². The van der Waals surface area contributed by atoms with Gasteiger partial charge in [0.05, 0.1) is 11.6 Å². The Morgan fingerprint density at radius 3 is 2.89 bits per heavy atom. The number of hydrogen-bond acceptors (Lipinski definition) is 3. The van der Waals surface area contributed by atoms with Crippen LogP contribution < -0.4 is 11.1 Å². The molecule has 0 bridgehead atoms. The molecule has 2 rings (SSSR count). The molecule has 1 atom stereocenters. The van der Waals surface area contributed by atoms with Gasteiger partial charge in [-0.3, -0.25) is 9.59 Å². The van der Waals surface area contributed by atoms with E-state index in [2.05, 4.69) is 21.2 Å². The Hall–Kier alpha value is -1.40. The average molecular weight is 326 g/mol. The van der Waals surface area contributed by atoms with Gasteiger partial charge in [-0.25, -0.2) is 0 Å². The number of nitrogens with zero attached hydrogens (tertiary/aromatic N) is 1. The predicted octanol–water partition coefficient (Wildman–Crippen LogP) is 1.19. The number of halogens is 1. The summed E-state index contributed by atoms with van der Waals surface area (Å²) in [5, 5.41) is 2.84. The van der Waals surface area contributed by atoms with Crippen LogP contribution in [0, 0.1) is 5.92 Å². The molecule has 102 valence electrons. The van der Waals surface area contributed by atoms with E-state index in [4.69, 9.17) is 5.73 Å². The van der Waals surface area contributed by atoms with Gasteiger partial charge in [-0.15, -0.1) is 0 Å². The van der Waals surface area contributed by atoms with Crippen molar-refractivity contribution < 1.29 is 9.59 Å². The highest BCUT2D eigenvalue weighted by Crippen LogP contribution is 2.24. The van der Waals surface area contributed by atoms with Gasteiger partial charge < -0.3 is 16.0 Å². The molecule has 1 saturated heterocycles. The van der Waals surface area contributed by atoms with E-state index >= 15 is 0 Å². The van der Waals surface area contributed by atoms with Crippen LogP contribution >= 0.6 is 15.9 Å². The normalized spacial score (nSPS) is 18.7. The minimum Gasteiger partial charge on any atom is -0.341 e. The highest BCUT2D eigenvalue weighted by Gasteiger charge is 2.33. The fourth-order valence-corrected chi connectivity index (χ4v) is 2.50. The molecule has 1 aliphatic rings. The van der Waals surface area contributed by atoms with Crippen molar-refractivity contribution in [1.29, 1.82) is 0 Å². The number of nitrogens with one attached hydrogen (secondary N) is 1. The summed E-state index contributed by atoms with van der Waals surface area (Å²) in [5.74, 6) is -0.427. The van der Waals surface area contributed by atoms with Gasteiger partial charge in [0.2, 0.25) is 11.8 Å². The lowest BCUT2D eigenvalue weighted by molar-refractivity contribution is -0.128. The first-order chi connectivity index (χ1) is 9.11. The summed E-state index contributed by atoms with van der Waals surface area (Å²) in [6.07, 6.45) is 0.260. The summed E-state index contributed by atoms with van der Waals surface area (Å²) >= 11 is 3.37. The van der Waals surface area contributed by atoms with E-state index in [1.165, 1.54) is 0 Å². The quantitative estimate of drug-likeness (QED) is 0.873. The number of para-hydroxylation sites is 1. The van der Waals surface area contributed by atoms with E-state index in [0.29, 0.717) is 19.6 Å². The molecule has 0 radical (unpaired) electrons. The van der Waals surface area contributed by atoms with Gasteiger partial charge in [0.25, 0.3) is 0 Å². The largest absolute Gasteiger partial charge is 0.341 e. The lowest BCUT2D eigenvalue weighted by Gasteiger charge is -2.15. The van der Waals surface area contributed by atoms with Crippen molar-refractivity contribution in [1.82, 2.24) is 4.90 Å². The van der Waals surface area contributed by atoms with Gasteiger partial charge in [-0.2, -0.15) is 0 Å². The number of nitrogens with two attached hydrogens (primary N) is 1. The van der Waals surface area contributed by atoms with Crippen molar-refractivity contribution >= 4 is 33.4 Å². The number of amides is 2. The Morgan fingerprint density at radius 1 is 1.47 bits per heavy atom. The van der Waals surface area contributed by atoms with Crippen molar-refractivity contribution in [3.05, 3.63) is 28.7 Å². The third-order valence-electron chi connectivity index (χ3n) is 3.12. The lowest BCUT2D eigenvalue weighted by atomic mass is 10.1. The SMILES string of the molecule is NCCN1CC(C(=O)Nc2ccccc2Br)CC1=O. The molecular weight excluding hydrogens is 310 g/mol. The van der Waals surface area contributed by atoms with Crippen LogP contribution in [-0.4, -0.2) is 36.3 Å². The molecule has 1 fully saturated rings. The summed E-state index contributed by atoms with van der Waals surface area (Å²) in [5.41, 5.74) is 6.15. The van der Waals surface area contributed by atoms with Crippen LogP contribution in [0.3, 0.4) is 0 Å². The first-order valence-electron chi connectivity index (χ1n) is 6.15. The van der Waals surface area contributed by atoms with Crippen LogP contribution in [0.5, 0.6) is 0 Å². The molecule has 0 aliphatic carbocycles. The number of benzene rings is 1. The van der Waals surface area contributed by atoms with E-state index in [0.717, 1.165) is 10.2 Å². The van der Waals surface area contributed by atoms with Gasteiger partial charge >= 0.3 is 0 Å². The molecule has 2 amide bonds. The van der Waals surface area contributed by atoms with Crippen LogP contribution in [0.1, 0.15) is 6.42 Å². The van der Waals surface area contributed by atoms with Crippen molar-refractivity contribution in [3.8, 4) is 0 Å². The van der Waals surface area contributed by atoms with Crippen molar-refractivity contribution in [2.75, 3.05) is 25.0 Å². The van der Waals surface area contributed by atoms with Crippen LogP contribution in [0.4, 0.5) is 5.69 Å². The fourth-order valence-electron chi connectivity index (χ4n) is 2.12. The number of carbonyl (C=O) groups excluding carboxylic acids is 2.